The lowest BCUT2D eigenvalue weighted by molar-refractivity contribution is -0.302. The van der Waals surface area contributed by atoms with E-state index in [9.17, 15) is 27.9 Å². The minimum absolute atomic E-state index is 0.0268. The average molecular weight is 414 g/mol. The number of hydrogen-bond donors (Lipinski definition) is 1. The van der Waals surface area contributed by atoms with Crippen LogP contribution in [0.3, 0.4) is 0 Å². The molecule has 1 N–H and O–H groups in total. The van der Waals surface area contributed by atoms with Crippen molar-refractivity contribution >= 4 is 33.2 Å². The van der Waals surface area contributed by atoms with Gasteiger partial charge >= 0.3 is 6.18 Å². The molecule has 0 spiro atoms. The smallest absolute Gasteiger partial charge is 0.362 e. The number of amides is 1. The number of thiophene rings is 1. The first-order chi connectivity index (χ1) is 13.1. The fraction of sp³-hybridized carbons (Fsp3) is 0.529. The second kappa shape index (κ2) is 6.38. The standard InChI is InChI=1S/C17H17F3N4O3S/c1-9-6-16(27,17(18,19)20)24(22-9)12(25)7-23-8-21-14-13(15(23)26)10-4-2-3-5-11(10)28-14/h8,27H,2-7H2,1H3/t16-/m1/s1. The lowest BCUT2D eigenvalue weighted by Crippen LogP contribution is -2.57. The summed E-state index contributed by atoms with van der Waals surface area (Å²) in [5.41, 5.74) is -2.97. The monoisotopic (exact) mass is 414 g/mol. The van der Waals surface area contributed by atoms with Crippen molar-refractivity contribution in [1.82, 2.24) is 14.6 Å². The number of hydrogen-bond acceptors (Lipinski definition) is 6. The zero-order chi connectivity index (χ0) is 20.3. The molecule has 2 aromatic heterocycles. The number of alkyl halides is 3. The van der Waals surface area contributed by atoms with Crippen LogP contribution in [0.2, 0.25) is 0 Å². The fourth-order valence-corrected chi connectivity index (χ4v) is 4.93. The first-order valence-electron chi connectivity index (χ1n) is 8.78. The number of fused-ring (bicyclic) bond motifs is 3. The van der Waals surface area contributed by atoms with Crippen molar-refractivity contribution in [2.45, 2.75) is 57.5 Å². The van der Waals surface area contributed by atoms with Crippen LogP contribution in [-0.2, 0) is 24.2 Å². The molecule has 1 aliphatic heterocycles. The predicted octanol–water partition coefficient (Wildman–Crippen LogP) is 2.20. The molecule has 0 fully saturated rings. The van der Waals surface area contributed by atoms with Crippen LogP contribution in [-0.4, -0.2) is 43.2 Å². The summed E-state index contributed by atoms with van der Waals surface area (Å²) in [6.07, 6.45) is -1.15. The van der Waals surface area contributed by atoms with Crippen LogP contribution in [0.25, 0.3) is 10.2 Å². The van der Waals surface area contributed by atoms with Gasteiger partial charge in [-0.15, -0.1) is 11.3 Å². The van der Waals surface area contributed by atoms with Crippen molar-refractivity contribution in [3.05, 3.63) is 27.1 Å². The number of aryl methyl sites for hydroxylation is 2. The van der Waals surface area contributed by atoms with E-state index in [1.807, 2.05) is 0 Å². The van der Waals surface area contributed by atoms with E-state index >= 15 is 0 Å². The maximum Gasteiger partial charge on any atom is 0.438 e. The minimum atomic E-state index is -5.08. The van der Waals surface area contributed by atoms with Gasteiger partial charge in [0.2, 0.25) is 0 Å². The summed E-state index contributed by atoms with van der Waals surface area (Å²) in [4.78, 5) is 31.3. The third-order valence-electron chi connectivity index (χ3n) is 5.06. The number of aromatic nitrogens is 2. The molecule has 0 saturated heterocycles. The average Bonchev–Trinajstić information content (AvgIpc) is 3.15. The summed E-state index contributed by atoms with van der Waals surface area (Å²) in [7, 11) is 0. The van der Waals surface area contributed by atoms with E-state index in [1.165, 1.54) is 18.3 Å². The Kier molecular flexibility index (Phi) is 4.34. The molecule has 4 rings (SSSR count). The van der Waals surface area contributed by atoms with E-state index in [0.29, 0.717) is 10.2 Å². The molecule has 11 heteroatoms. The van der Waals surface area contributed by atoms with Crippen molar-refractivity contribution in [3.63, 3.8) is 0 Å². The highest BCUT2D eigenvalue weighted by Crippen LogP contribution is 2.40. The SMILES string of the molecule is CC1=NN(C(=O)Cn2cnc3sc4c(c3c2=O)CCCC4)[C@](O)(C(F)(F)F)C1. The van der Waals surface area contributed by atoms with Crippen molar-refractivity contribution in [2.24, 2.45) is 5.10 Å². The first kappa shape index (κ1) is 19.1. The number of halogens is 3. The fourth-order valence-electron chi connectivity index (χ4n) is 3.71. The zero-order valence-corrected chi connectivity index (χ0v) is 15.7. The van der Waals surface area contributed by atoms with Gasteiger partial charge < -0.3 is 5.11 Å². The summed E-state index contributed by atoms with van der Waals surface area (Å²) < 4.78 is 40.9. The molecule has 7 nitrogen and oxygen atoms in total. The largest absolute Gasteiger partial charge is 0.438 e. The van der Waals surface area contributed by atoms with E-state index in [-0.39, 0.29) is 10.7 Å². The quantitative estimate of drug-likeness (QED) is 0.816. The third kappa shape index (κ3) is 2.84. The van der Waals surface area contributed by atoms with Gasteiger partial charge in [-0.1, -0.05) is 0 Å². The van der Waals surface area contributed by atoms with Crippen molar-refractivity contribution in [3.8, 4) is 0 Å². The Bertz CT molecular complexity index is 1060. The molecule has 0 radical (unpaired) electrons. The van der Waals surface area contributed by atoms with Crippen LogP contribution in [0, 0.1) is 0 Å². The van der Waals surface area contributed by atoms with Gasteiger partial charge in [-0.05, 0) is 38.2 Å². The Hall–Kier alpha value is -2.27. The number of hydrazone groups is 1. The molecule has 150 valence electrons. The number of nitrogens with zero attached hydrogens (tertiary/aromatic N) is 4. The summed E-state index contributed by atoms with van der Waals surface area (Å²) in [5.74, 6) is -1.14. The van der Waals surface area contributed by atoms with E-state index in [4.69, 9.17) is 0 Å². The maximum atomic E-state index is 13.3. The lowest BCUT2D eigenvalue weighted by Gasteiger charge is -2.32. The van der Waals surface area contributed by atoms with Crippen molar-refractivity contribution in [2.75, 3.05) is 0 Å². The second-order valence-corrected chi connectivity index (χ2v) is 8.18. The summed E-state index contributed by atoms with van der Waals surface area (Å²) in [5, 5.41) is 14.1. The third-order valence-corrected chi connectivity index (χ3v) is 6.26. The van der Waals surface area contributed by atoms with Crippen molar-refractivity contribution in [1.29, 1.82) is 0 Å². The molecule has 1 amide bonds. The molecular weight excluding hydrogens is 397 g/mol. The van der Waals surface area contributed by atoms with E-state index in [2.05, 4.69) is 10.1 Å². The Balaban J connectivity index is 1.69. The first-order valence-corrected chi connectivity index (χ1v) is 9.59. The van der Waals surface area contributed by atoms with Gasteiger partial charge in [-0.2, -0.15) is 23.3 Å². The van der Waals surface area contributed by atoms with Gasteiger partial charge in [-0.3, -0.25) is 14.2 Å². The van der Waals surface area contributed by atoms with Crippen LogP contribution in [0.15, 0.2) is 16.2 Å². The van der Waals surface area contributed by atoms with Crippen LogP contribution in [0.5, 0.6) is 0 Å². The Morgan fingerprint density at radius 3 is 2.79 bits per heavy atom. The van der Waals surface area contributed by atoms with Crippen LogP contribution in [0.1, 0.15) is 36.6 Å². The van der Waals surface area contributed by atoms with Gasteiger partial charge in [0.25, 0.3) is 17.2 Å². The highest BCUT2D eigenvalue weighted by atomic mass is 32.1. The molecule has 0 aromatic carbocycles. The highest BCUT2D eigenvalue weighted by molar-refractivity contribution is 7.18. The molecule has 28 heavy (non-hydrogen) atoms. The molecule has 0 bridgehead atoms. The molecule has 2 aromatic rings. The molecule has 2 aliphatic rings. The van der Waals surface area contributed by atoms with Crippen LogP contribution < -0.4 is 5.56 Å². The van der Waals surface area contributed by atoms with Gasteiger partial charge in [-0.25, -0.2) is 4.98 Å². The Morgan fingerprint density at radius 1 is 1.36 bits per heavy atom. The minimum Gasteiger partial charge on any atom is -0.362 e. The van der Waals surface area contributed by atoms with Gasteiger partial charge in [0.05, 0.1) is 11.7 Å². The summed E-state index contributed by atoms with van der Waals surface area (Å²) in [6, 6.07) is 0. The van der Waals surface area contributed by atoms with Gasteiger partial charge in [0.15, 0.2) is 0 Å². The van der Waals surface area contributed by atoms with Crippen LogP contribution in [0.4, 0.5) is 13.2 Å². The topological polar surface area (TPSA) is 87.8 Å². The van der Waals surface area contributed by atoms with Crippen LogP contribution >= 0.6 is 11.3 Å². The predicted molar refractivity (Wildman–Crippen MR) is 96.1 cm³/mol. The Morgan fingerprint density at radius 2 is 2.07 bits per heavy atom. The van der Waals surface area contributed by atoms with E-state index in [0.717, 1.165) is 47.0 Å². The molecule has 1 aliphatic carbocycles. The number of aliphatic hydroxyl groups is 1. The molecular formula is C17H17F3N4O3S. The number of rotatable bonds is 2. The molecule has 0 saturated carbocycles. The molecule has 1 atom stereocenters. The summed E-state index contributed by atoms with van der Waals surface area (Å²) in [6.45, 7) is 0.600. The number of carbonyl (C=O) groups is 1. The zero-order valence-electron chi connectivity index (χ0n) is 14.9. The lowest BCUT2D eigenvalue weighted by atomic mass is 9.97. The number of carbonyl (C=O) groups excluding carboxylic acids is 1. The van der Waals surface area contributed by atoms with Gasteiger partial charge in [0.1, 0.15) is 11.4 Å². The molecule has 0 unspecified atom stereocenters. The van der Waals surface area contributed by atoms with Crippen molar-refractivity contribution < 1.29 is 23.1 Å². The second-order valence-electron chi connectivity index (χ2n) is 7.10. The highest BCUT2D eigenvalue weighted by Gasteiger charge is 2.62. The summed E-state index contributed by atoms with van der Waals surface area (Å²) >= 11 is 1.44. The normalized spacial score (nSPS) is 22.5. The Labute approximate surface area is 161 Å². The van der Waals surface area contributed by atoms with E-state index in [1.54, 1.807) is 0 Å². The maximum absolute atomic E-state index is 13.3. The van der Waals surface area contributed by atoms with Gasteiger partial charge in [0, 0.05) is 17.0 Å². The van der Waals surface area contributed by atoms with E-state index < -0.39 is 36.3 Å². The molecule has 3 heterocycles.